The highest BCUT2D eigenvalue weighted by molar-refractivity contribution is 5.76. The SMILES string of the molecule is O=c1c2cccnc2n(Cc2nc3ccccc3n2CCCCF)c(=O)n1C1CC1. The number of pyridine rings is 1. The summed E-state index contributed by atoms with van der Waals surface area (Å²) in [6, 6.07) is 11.1. The second-order valence-corrected chi connectivity index (χ2v) is 7.71. The van der Waals surface area contributed by atoms with E-state index in [1.54, 1.807) is 22.9 Å². The van der Waals surface area contributed by atoms with E-state index in [0.29, 0.717) is 36.2 Å². The fourth-order valence-electron chi connectivity index (χ4n) is 4.01. The van der Waals surface area contributed by atoms with Gasteiger partial charge in [-0.05, 0) is 49.9 Å². The number of halogens is 1. The van der Waals surface area contributed by atoms with Crippen molar-refractivity contribution in [2.75, 3.05) is 6.67 Å². The van der Waals surface area contributed by atoms with Gasteiger partial charge in [0.1, 0.15) is 11.5 Å². The van der Waals surface area contributed by atoms with Crippen LogP contribution >= 0.6 is 0 Å². The van der Waals surface area contributed by atoms with Crippen molar-refractivity contribution < 1.29 is 4.39 Å². The minimum absolute atomic E-state index is 0.0378. The molecule has 0 bridgehead atoms. The summed E-state index contributed by atoms with van der Waals surface area (Å²) in [5, 5.41) is 0.434. The highest BCUT2D eigenvalue weighted by atomic mass is 19.1. The lowest BCUT2D eigenvalue weighted by Gasteiger charge is -2.14. The Labute approximate surface area is 171 Å². The Morgan fingerprint density at radius 3 is 2.67 bits per heavy atom. The summed E-state index contributed by atoms with van der Waals surface area (Å²) in [6.45, 7) is 0.453. The first-order chi connectivity index (χ1) is 14.7. The molecule has 1 fully saturated rings. The summed E-state index contributed by atoms with van der Waals surface area (Å²) in [4.78, 5) is 35.2. The molecule has 0 amide bonds. The van der Waals surface area contributed by atoms with E-state index in [2.05, 4.69) is 4.98 Å². The summed E-state index contributed by atoms with van der Waals surface area (Å²) in [5.74, 6) is 0.699. The molecule has 0 atom stereocenters. The van der Waals surface area contributed by atoms with Crippen LogP contribution in [-0.2, 0) is 13.1 Å². The number of rotatable bonds is 7. The summed E-state index contributed by atoms with van der Waals surface area (Å²) < 4.78 is 17.6. The first kappa shape index (κ1) is 18.7. The predicted octanol–water partition coefficient (Wildman–Crippen LogP) is 3.04. The van der Waals surface area contributed by atoms with E-state index < -0.39 is 0 Å². The molecular weight excluding hydrogens is 385 g/mol. The molecule has 0 radical (unpaired) electrons. The van der Waals surface area contributed by atoms with E-state index in [1.807, 2.05) is 28.8 Å². The van der Waals surface area contributed by atoms with Crippen molar-refractivity contribution >= 4 is 22.1 Å². The molecule has 3 heterocycles. The molecular formula is C22H22FN5O2. The summed E-state index contributed by atoms with van der Waals surface area (Å²) >= 11 is 0. The van der Waals surface area contributed by atoms with Gasteiger partial charge in [0, 0.05) is 18.8 Å². The molecule has 4 aromatic rings. The number of aromatic nitrogens is 5. The first-order valence-electron chi connectivity index (χ1n) is 10.3. The number of hydrogen-bond acceptors (Lipinski definition) is 4. The van der Waals surface area contributed by atoms with Crippen LogP contribution in [0.3, 0.4) is 0 Å². The molecule has 3 aromatic heterocycles. The van der Waals surface area contributed by atoms with Crippen molar-refractivity contribution in [1.82, 2.24) is 23.7 Å². The summed E-state index contributed by atoms with van der Waals surface area (Å²) in [7, 11) is 0. The zero-order valence-electron chi connectivity index (χ0n) is 16.5. The van der Waals surface area contributed by atoms with Gasteiger partial charge in [-0.25, -0.2) is 14.8 Å². The number of imidazole rings is 1. The number of benzene rings is 1. The second kappa shape index (κ2) is 7.51. The molecule has 154 valence electrons. The molecule has 0 spiro atoms. The molecule has 0 saturated heterocycles. The molecule has 0 N–H and O–H groups in total. The lowest BCUT2D eigenvalue weighted by molar-refractivity contribution is 0.445. The van der Waals surface area contributed by atoms with Crippen LogP contribution in [0.25, 0.3) is 22.1 Å². The van der Waals surface area contributed by atoms with E-state index in [4.69, 9.17) is 4.98 Å². The number of aryl methyl sites for hydroxylation is 1. The van der Waals surface area contributed by atoms with Crippen LogP contribution in [0.1, 0.15) is 37.5 Å². The van der Waals surface area contributed by atoms with E-state index >= 15 is 0 Å². The molecule has 1 aliphatic rings. The Balaban J connectivity index is 1.68. The van der Waals surface area contributed by atoms with Gasteiger partial charge in [-0.1, -0.05) is 12.1 Å². The average Bonchev–Trinajstić information content (AvgIpc) is 3.53. The van der Waals surface area contributed by atoms with Crippen LogP contribution in [0.4, 0.5) is 4.39 Å². The molecule has 1 saturated carbocycles. The summed E-state index contributed by atoms with van der Waals surface area (Å²) in [6.07, 6.45) is 4.41. The van der Waals surface area contributed by atoms with Crippen molar-refractivity contribution in [1.29, 1.82) is 0 Å². The first-order valence-corrected chi connectivity index (χ1v) is 10.3. The van der Waals surface area contributed by atoms with Gasteiger partial charge in [-0.3, -0.25) is 18.3 Å². The fourth-order valence-corrected chi connectivity index (χ4v) is 4.01. The van der Waals surface area contributed by atoms with Crippen LogP contribution in [-0.4, -0.2) is 30.3 Å². The molecule has 1 aromatic carbocycles. The van der Waals surface area contributed by atoms with Crippen LogP contribution in [0.5, 0.6) is 0 Å². The maximum Gasteiger partial charge on any atom is 0.333 e. The minimum Gasteiger partial charge on any atom is -0.326 e. The van der Waals surface area contributed by atoms with Crippen molar-refractivity contribution in [2.24, 2.45) is 0 Å². The van der Waals surface area contributed by atoms with Crippen molar-refractivity contribution in [2.45, 2.75) is 44.8 Å². The van der Waals surface area contributed by atoms with Crippen molar-refractivity contribution in [3.05, 3.63) is 69.3 Å². The molecule has 5 rings (SSSR count). The lowest BCUT2D eigenvalue weighted by atomic mass is 10.3. The number of fused-ring (bicyclic) bond motifs is 2. The van der Waals surface area contributed by atoms with Crippen LogP contribution < -0.4 is 11.2 Å². The van der Waals surface area contributed by atoms with Crippen LogP contribution in [0.2, 0.25) is 0 Å². The molecule has 1 aliphatic carbocycles. The fraction of sp³-hybridized carbons (Fsp3) is 0.364. The number of para-hydroxylation sites is 2. The Hall–Kier alpha value is -3.29. The summed E-state index contributed by atoms with van der Waals surface area (Å²) in [5.41, 5.74) is 1.52. The molecule has 0 unspecified atom stereocenters. The van der Waals surface area contributed by atoms with Gasteiger partial charge in [0.15, 0.2) is 0 Å². The van der Waals surface area contributed by atoms with Gasteiger partial charge in [0.25, 0.3) is 5.56 Å². The average molecular weight is 407 g/mol. The maximum absolute atomic E-state index is 13.3. The van der Waals surface area contributed by atoms with E-state index in [-0.39, 0.29) is 30.5 Å². The number of hydrogen-bond donors (Lipinski definition) is 0. The third-order valence-electron chi connectivity index (χ3n) is 5.64. The van der Waals surface area contributed by atoms with Crippen LogP contribution in [0, 0.1) is 0 Å². The van der Waals surface area contributed by atoms with Crippen LogP contribution in [0.15, 0.2) is 52.2 Å². The third-order valence-corrected chi connectivity index (χ3v) is 5.64. The smallest absolute Gasteiger partial charge is 0.326 e. The molecule has 30 heavy (non-hydrogen) atoms. The van der Waals surface area contributed by atoms with Gasteiger partial charge >= 0.3 is 5.69 Å². The maximum atomic E-state index is 13.3. The van der Waals surface area contributed by atoms with Gasteiger partial charge in [-0.2, -0.15) is 0 Å². The van der Waals surface area contributed by atoms with Crippen molar-refractivity contribution in [3.8, 4) is 0 Å². The number of nitrogens with zero attached hydrogens (tertiary/aromatic N) is 5. The van der Waals surface area contributed by atoms with Gasteiger partial charge in [-0.15, -0.1) is 0 Å². The zero-order chi connectivity index (χ0) is 20.7. The van der Waals surface area contributed by atoms with E-state index in [1.165, 1.54) is 4.57 Å². The predicted molar refractivity (Wildman–Crippen MR) is 113 cm³/mol. The van der Waals surface area contributed by atoms with E-state index in [0.717, 1.165) is 23.9 Å². The Morgan fingerprint density at radius 1 is 1.03 bits per heavy atom. The second-order valence-electron chi connectivity index (χ2n) is 7.71. The minimum atomic E-state index is -0.359. The lowest BCUT2D eigenvalue weighted by Crippen LogP contribution is -2.40. The molecule has 0 aliphatic heterocycles. The van der Waals surface area contributed by atoms with Gasteiger partial charge in [0.05, 0.1) is 29.6 Å². The Bertz CT molecular complexity index is 1350. The quantitative estimate of drug-likeness (QED) is 0.442. The van der Waals surface area contributed by atoms with E-state index in [9.17, 15) is 14.0 Å². The number of alkyl halides is 1. The Kier molecular flexibility index (Phi) is 4.69. The largest absolute Gasteiger partial charge is 0.333 e. The monoisotopic (exact) mass is 407 g/mol. The molecule has 7 nitrogen and oxygen atoms in total. The topological polar surface area (TPSA) is 74.7 Å². The molecule has 8 heteroatoms. The third kappa shape index (κ3) is 3.12. The number of unbranched alkanes of at least 4 members (excludes halogenated alkanes) is 1. The van der Waals surface area contributed by atoms with Crippen molar-refractivity contribution in [3.63, 3.8) is 0 Å². The standard InChI is InChI=1S/C22H22FN5O2/c23-11-3-4-13-26-18-8-2-1-7-17(18)25-19(26)14-27-20-16(6-5-12-24-20)21(29)28(22(27)30)15-9-10-15/h1-2,5-8,12,15H,3-4,9-11,13-14H2. The zero-order valence-corrected chi connectivity index (χ0v) is 16.5. The highest BCUT2D eigenvalue weighted by Crippen LogP contribution is 2.32. The normalized spacial score (nSPS) is 14.0. The van der Waals surface area contributed by atoms with Gasteiger partial charge in [0.2, 0.25) is 0 Å². The Morgan fingerprint density at radius 2 is 1.87 bits per heavy atom. The van der Waals surface area contributed by atoms with Gasteiger partial charge < -0.3 is 4.57 Å². The highest BCUT2D eigenvalue weighted by Gasteiger charge is 2.29.